The van der Waals surface area contributed by atoms with Crippen LogP contribution in [0.5, 0.6) is 0 Å². The Bertz CT molecular complexity index is 787. The predicted octanol–water partition coefficient (Wildman–Crippen LogP) is 3.18. The Hall–Kier alpha value is -2.18. The summed E-state index contributed by atoms with van der Waals surface area (Å²) in [6.45, 7) is 4.41. The Kier molecular flexibility index (Phi) is 5.88. The number of nitrogens with zero attached hydrogens (tertiary/aromatic N) is 5. The highest BCUT2D eigenvalue weighted by Crippen LogP contribution is 2.29. The summed E-state index contributed by atoms with van der Waals surface area (Å²) in [6, 6.07) is -0.385. The van der Waals surface area contributed by atoms with Gasteiger partial charge in [0.15, 0.2) is 5.69 Å². The van der Waals surface area contributed by atoms with Crippen molar-refractivity contribution < 1.29 is 26.7 Å². The normalized spacial score (nSPS) is 13.3. The fourth-order valence-electron chi connectivity index (χ4n) is 2.08. The number of hydrogen-bond donors (Lipinski definition) is 1. The van der Waals surface area contributed by atoms with Crippen LogP contribution in [0.2, 0.25) is 0 Å². The van der Waals surface area contributed by atoms with Crippen molar-refractivity contribution in [2.45, 2.75) is 44.6 Å². The van der Waals surface area contributed by atoms with Gasteiger partial charge in [0.25, 0.3) is 12.3 Å². The van der Waals surface area contributed by atoms with E-state index in [0.29, 0.717) is 5.75 Å². The van der Waals surface area contributed by atoms with E-state index >= 15 is 0 Å². The van der Waals surface area contributed by atoms with Gasteiger partial charge in [0, 0.05) is 5.69 Å². The third kappa shape index (κ3) is 4.14. The fraction of sp³-hybridized carbons (Fsp3) is 0.538. The van der Waals surface area contributed by atoms with Crippen LogP contribution in [0.25, 0.3) is 0 Å². The zero-order valence-corrected chi connectivity index (χ0v) is 14.7. The van der Waals surface area contributed by atoms with Crippen molar-refractivity contribution >= 4 is 17.7 Å². The third-order valence-corrected chi connectivity index (χ3v) is 4.12. The maximum absolute atomic E-state index is 13.0. The molecular formula is C13H15F5N6OS. The van der Waals surface area contributed by atoms with E-state index in [0.717, 1.165) is 27.2 Å². The number of alkyl halides is 5. The van der Waals surface area contributed by atoms with E-state index in [1.807, 2.05) is 0 Å². The molecule has 1 amide bonds. The van der Waals surface area contributed by atoms with Gasteiger partial charge in [0.2, 0.25) is 11.0 Å². The second kappa shape index (κ2) is 7.60. The van der Waals surface area contributed by atoms with Crippen LogP contribution in [0.1, 0.15) is 43.5 Å². The second-order valence-electron chi connectivity index (χ2n) is 5.18. The molecule has 0 bridgehead atoms. The lowest BCUT2D eigenvalue weighted by molar-refractivity contribution is -0.141. The zero-order chi connectivity index (χ0) is 19.6. The van der Waals surface area contributed by atoms with Crippen molar-refractivity contribution in [3.8, 4) is 0 Å². The van der Waals surface area contributed by atoms with Gasteiger partial charge < -0.3 is 0 Å². The highest BCUT2D eigenvalue weighted by Gasteiger charge is 2.35. The Morgan fingerprint density at radius 1 is 1.35 bits per heavy atom. The predicted molar refractivity (Wildman–Crippen MR) is 82.4 cm³/mol. The Labute approximate surface area is 148 Å². The fourth-order valence-corrected chi connectivity index (χ4v) is 2.71. The standard InChI is InChI=1S/C13H15F5N6OS/c1-4-26-12-20-19-10(9(14)15)24(12)22-11(25)7(3)23-6(2)5-8(21-23)13(16,17)18/h5,7,9H,4H2,1-3H3,(H,22,25)/t7-/m1/s1. The van der Waals surface area contributed by atoms with Crippen molar-refractivity contribution in [1.29, 1.82) is 0 Å². The van der Waals surface area contributed by atoms with Gasteiger partial charge in [-0.1, -0.05) is 18.7 Å². The molecule has 2 aromatic heterocycles. The first kappa shape index (κ1) is 20.1. The van der Waals surface area contributed by atoms with Crippen LogP contribution in [0.4, 0.5) is 22.0 Å². The second-order valence-corrected chi connectivity index (χ2v) is 6.41. The molecule has 0 unspecified atom stereocenters. The van der Waals surface area contributed by atoms with Crippen LogP contribution in [-0.4, -0.2) is 36.3 Å². The molecule has 2 rings (SSSR count). The van der Waals surface area contributed by atoms with E-state index in [1.54, 1.807) is 6.92 Å². The number of nitrogens with one attached hydrogen (secondary N) is 1. The molecule has 0 spiro atoms. The van der Waals surface area contributed by atoms with E-state index in [2.05, 4.69) is 20.7 Å². The molecule has 0 saturated heterocycles. The summed E-state index contributed by atoms with van der Waals surface area (Å²) in [7, 11) is 0. The SMILES string of the molecule is CCSc1nnc(C(F)F)n1NC(=O)[C@@H](C)n1nc(C(F)(F)F)cc1C. The molecule has 0 aromatic carbocycles. The quantitative estimate of drug-likeness (QED) is 0.597. The Morgan fingerprint density at radius 2 is 2.00 bits per heavy atom. The first-order valence-corrected chi connectivity index (χ1v) is 8.35. The third-order valence-electron chi connectivity index (χ3n) is 3.31. The van der Waals surface area contributed by atoms with Crippen molar-refractivity contribution in [3.05, 3.63) is 23.3 Å². The van der Waals surface area contributed by atoms with Crippen LogP contribution in [0, 0.1) is 6.92 Å². The number of hydrogen-bond acceptors (Lipinski definition) is 5. The van der Waals surface area contributed by atoms with E-state index in [-0.39, 0.29) is 10.9 Å². The highest BCUT2D eigenvalue weighted by atomic mass is 32.2. The molecule has 13 heteroatoms. The van der Waals surface area contributed by atoms with Crippen LogP contribution < -0.4 is 5.43 Å². The number of thioether (sulfide) groups is 1. The topological polar surface area (TPSA) is 77.6 Å². The monoisotopic (exact) mass is 398 g/mol. The minimum Gasteiger partial charge on any atom is -0.271 e. The number of aromatic nitrogens is 5. The molecule has 144 valence electrons. The first-order valence-electron chi connectivity index (χ1n) is 7.36. The molecule has 0 radical (unpaired) electrons. The summed E-state index contributed by atoms with van der Waals surface area (Å²) in [5.41, 5.74) is 1.16. The van der Waals surface area contributed by atoms with Crippen molar-refractivity contribution in [2.24, 2.45) is 0 Å². The van der Waals surface area contributed by atoms with Gasteiger partial charge in [-0.3, -0.25) is 14.9 Å². The van der Waals surface area contributed by atoms with Gasteiger partial charge in [-0.05, 0) is 25.7 Å². The highest BCUT2D eigenvalue weighted by molar-refractivity contribution is 7.99. The van der Waals surface area contributed by atoms with Gasteiger partial charge in [-0.2, -0.15) is 18.3 Å². The molecule has 0 aliphatic heterocycles. The molecule has 26 heavy (non-hydrogen) atoms. The van der Waals surface area contributed by atoms with Gasteiger partial charge in [-0.25, -0.2) is 13.5 Å². The lowest BCUT2D eigenvalue weighted by Gasteiger charge is -2.16. The molecule has 0 aliphatic carbocycles. The average Bonchev–Trinajstić information content (AvgIpc) is 3.11. The molecule has 7 nitrogen and oxygen atoms in total. The van der Waals surface area contributed by atoms with Crippen molar-refractivity contribution in [1.82, 2.24) is 24.7 Å². The maximum Gasteiger partial charge on any atom is 0.435 e. The zero-order valence-electron chi connectivity index (χ0n) is 13.9. The number of aryl methyl sites for hydroxylation is 1. The summed E-state index contributed by atoms with van der Waals surface area (Å²) >= 11 is 1.07. The van der Waals surface area contributed by atoms with E-state index < -0.39 is 36.1 Å². The maximum atomic E-state index is 13.0. The van der Waals surface area contributed by atoms with Crippen molar-refractivity contribution in [3.63, 3.8) is 0 Å². The van der Waals surface area contributed by atoms with Gasteiger partial charge >= 0.3 is 6.18 Å². The van der Waals surface area contributed by atoms with Crippen LogP contribution in [-0.2, 0) is 11.0 Å². The molecular weight excluding hydrogens is 383 g/mol. The van der Waals surface area contributed by atoms with Crippen LogP contribution in [0.15, 0.2) is 11.2 Å². The smallest absolute Gasteiger partial charge is 0.271 e. The molecule has 1 N–H and O–H groups in total. The molecule has 1 atom stereocenters. The van der Waals surface area contributed by atoms with Crippen LogP contribution >= 0.6 is 11.8 Å². The number of carbonyl (C=O) groups is 1. The van der Waals surface area contributed by atoms with Gasteiger partial charge in [0.1, 0.15) is 6.04 Å². The lowest BCUT2D eigenvalue weighted by atomic mass is 10.3. The summed E-state index contributed by atoms with van der Waals surface area (Å²) in [5.74, 6) is -1.13. The number of halogens is 5. The van der Waals surface area contributed by atoms with E-state index in [9.17, 15) is 26.7 Å². The summed E-state index contributed by atoms with van der Waals surface area (Å²) in [5, 5.41) is 10.3. The van der Waals surface area contributed by atoms with Gasteiger partial charge in [-0.15, -0.1) is 10.2 Å². The summed E-state index contributed by atoms with van der Waals surface area (Å²) < 4.78 is 65.9. The summed E-state index contributed by atoms with van der Waals surface area (Å²) in [4.78, 5) is 12.4. The minimum atomic E-state index is -4.66. The Balaban J connectivity index is 2.28. The number of rotatable bonds is 6. The summed E-state index contributed by atoms with van der Waals surface area (Å²) in [6.07, 6.45) is -7.65. The van der Waals surface area contributed by atoms with E-state index in [1.165, 1.54) is 13.8 Å². The molecule has 2 heterocycles. The molecule has 0 saturated carbocycles. The minimum absolute atomic E-state index is 0.0384. The lowest BCUT2D eigenvalue weighted by Crippen LogP contribution is -2.32. The number of amides is 1. The average molecular weight is 398 g/mol. The molecule has 2 aromatic rings. The largest absolute Gasteiger partial charge is 0.435 e. The van der Waals surface area contributed by atoms with Crippen LogP contribution in [0.3, 0.4) is 0 Å². The first-order chi connectivity index (χ1) is 12.1. The van der Waals surface area contributed by atoms with E-state index in [4.69, 9.17) is 0 Å². The molecule has 0 aliphatic rings. The number of carbonyl (C=O) groups excluding carboxylic acids is 1. The Morgan fingerprint density at radius 3 is 2.50 bits per heavy atom. The van der Waals surface area contributed by atoms with Crippen molar-refractivity contribution in [2.75, 3.05) is 11.2 Å². The molecule has 0 fully saturated rings. The van der Waals surface area contributed by atoms with Gasteiger partial charge in [0.05, 0.1) is 0 Å².